The molecule has 0 heterocycles. The molecule has 1 heteroatoms. The molecule has 0 atom stereocenters. The van der Waals surface area contributed by atoms with Gasteiger partial charge in [0.25, 0.3) is 0 Å². The molecular formula is C25H26O. The van der Waals surface area contributed by atoms with Crippen molar-refractivity contribution in [3.63, 3.8) is 0 Å². The topological polar surface area (TPSA) is 9.23 Å². The fourth-order valence-electron chi connectivity index (χ4n) is 3.73. The van der Waals surface area contributed by atoms with Crippen LogP contribution in [0.4, 0.5) is 0 Å². The first kappa shape index (κ1) is 17.1. The third-order valence-corrected chi connectivity index (χ3v) is 5.32. The van der Waals surface area contributed by atoms with Crippen molar-refractivity contribution in [2.75, 3.05) is 0 Å². The van der Waals surface area contributed by atoms with E-state index in [0.29, 0.717) is 6.10 Å². The maximum absolute atomic E-state index is 6.08. The molecule has 0 spiro atoms. The number of ether oxygens (including phenoxy) is 1. The Bertz CT molecular complexity index is 797. The fourth-order valence-corrected chi connectivity index (χ4v) is 3.73. The zero-order chi connectivity index (χ0) is 17.6. The largest absolute Gasteiger partial charge is 0.374 e. The Balaban J connectivity index is 1.40. The molecule has 26 heavy (non-hydrogen) atoms. The van der Waals surface area contributed by atoms with Crippen molar-refractivity contribution in [1.82, 2.24) is 0 Å². The molecule has 0 unspecified atom stereocenters. The number of hydrogen-bond acceptors (Lipinski definition) is 1. The predicted octanol–water partition coefficient (Wildman–Crippen LogP) is 6.87. The highest BCUT2D eigenvalue weighted by Crippen LogP contribution is 2.26. The molecule has 132 valence electrons. The fraction of sp³-hybridized carbons (Fsp3) is 0.280. The first-order chi connectivity index (χ1) is 12.9. The van der Waals surface area contributed by atoms with Crippen LogP contribution in [0.5, 0.6) is 0 Å². The number of rotatable bonds is 5. The second-order valence-electron chi connectivity index (χ2n) is 7.21. The Morgan fingerprint density at radius 1 is 0.577 bits per heavy atom. The summed E-state index contributed by atoms with van der Waals surface area (Å²) >= 11 is 0. The van der Waals surface area contributed by atoms with Gasteiger partial charge in [-0.25, -0.2) is 0 Å². The molecule has 1 aliphatic rings. The van der Waals surface area contributed by atoms with Crippen molar-refractivity contribution in [1.29, 1.82) is 0 Å². The number of hydrogen-bond donors (Lipinski definition) is 0. The Labute approximate surface area is 156 Å². The van der Waals surface area contributed by atoms with E-state index in [1.807, 2.05) is 0 Å². The van der Waals surface area contributed by atoms with Crippen LogP contribution in [0.1, 0.15) is 37.7 Å². The van der Waals surface area contributed by atoms with Crippen molar-refractivity contribution in [3.8, 4) is 22.3 Å². The van der Waals surface area contributed by atoms with Gasteiger partial charge in [-0.05, 0) is 40.7 Å². The minimum Gasteiger partial charge on any atom is -0.374 e. The van der Waals surface area contributed by atoms with Crippen molar-refractivity contribution in [3.05, 3.63) is 84.4 Å². The molecule has 3 aromatic carbocycles. The third kappa shape index (κ3) is 4.23. The lowest BCUT2D eigenvalue weighted by Crippen LogP contribution is -2.16. The quantitative estimate of drug-likeness (QED) is 0.491. The SMILES string of the molecule is c1ccc(-c2ccc(-c3ccc(COC4CCCCC4)cc3)cc2)cc1. The van der Waals surface area contributed by atoms with Crippen LogP contribution in [0.3, 0.4) is 0 Å². The van der Waals surface area contributed by atoms with Crippen molar-refractivity contribution in [2.24, 2.45) is 0 Å². The molecule has 3 aromatic rings. The minimum atomic E-state index is 0.467. The molecule has 0 N–H and O–H groups in total. The highest BCUT2D eigenvalue weighted by molar-refractivity contribution is 5.70. The maximum atomic E-state index is 6.08. The molecule has 1 saturated carbocycles. The summed E-state index contributed by atoms with van der Waals surface area (Å²) in [5, 5.41) is 0. The summed E-state index contributed by atoms with van der Waals surface area (Å²) in [6.45, 7) is 0.734. The lowest BCUT2D eigenvalue weighted by atomic mass is 9.97. The van der Waals surface area contributed by atoms with E-state index in [0.717, 1.165) is 6.61 Å². The summed E-state index contributed by atoms with van der Waals surface area (Å²) < 4.78 is 6.08. The monoisotopic (exact) mass is 342 g/mol. The van der Waals surface area contributed by atoms with Gasteiger partial charge in [0.05, 0.1) is 12.7 Å². The van der Waals surface area contributed by atoms with E-state index in [1.54, 1.807) is 0 Å². The molecule has 4 rings (SSSR count). The first-order valence-electron chi connectivity index (χ1n) is 9.75. The molecule has 0 saturated heterocycles. The van der Waals surface area contributed by atoms with E-state index in [4.69, 9.17) is 4.74 Å². The summed E-state index contributed by atoms with van der Waals surface area (Å²) in [4.78, 5) is 0. The standard InChI is InChI=1S/C25H26O/c1-3-7-21(8-4-1)23-15-17-24(18-16-23)22-13-11-20(12-14-22)19-26-25-9-5-2-6-10-25/h1,3-4,7-8,11-18,25H,2,5-6,9-10,19H2. The second kappa shape index (κ2) is 8.33. The molecule has 1 fully saturated rings. The van der Waals surface area contributed by atoms with E-state index in [9.17, 15) is 0 Å². The van der Waals surface area contributed by atoms with Crippen LogP contribution < -0.4 is 0 Å². The summed E-state index contributed by atoms with van der Waals surface area (Å²) in [5.41, 5.74) is 6.29. The van der Waals surface area contributed by atoms with Gasteiger partial charge >= 0.3 is 0 Å². The van der Waals surface area contributed by atoms with Crippen molar-refractivity contribution >= 4 is 0 Å². The molecule has 0 radical (unpaired) electrons. The van der Waals surface area contributed by atoms with Crippen LogP contribution in [-0.2, 0) is 11.3 Å². The average molecular weight is 342 g/mol. The zero-order valence-corrected chi connectivity index (χ0v) is 15.2. The third-order valence-electron chi connectivity index (χ3n) is 5.32. The Hall–Kier alpha value is -2.38. The summed E-state index contributed by atoms with van der Waals surface area (Å²) in [7, 11) is 0. The summed E-state index contributed by atoms with van der Waals surface area (Å²) in [6.07, 6.45) is 6.94. The van der Waals surface area contributed by atoms with Crippen LogP contribution in [0.25, 0.3) is 22.3 Å². The Morgan fingerprint density at radius 3 is 1.65 bits per heavy atom. The van der Waals surface area contributed by atoms with Gasteiger partial charge in [-0.15, -0.1) is 0 Å². The van der Waals surface area contributed by atoms with Gasteiger partial charge in [0, 0.05) is 0 Å². The molecule has 0 aliphatic heterocycles. The van der Waals surface area contributed by atoms with E-state index in [1.165, 1.54) is 59.9 Å². The van der Waals surface area contributed by atoms with Gasteiger partial charge in [0.1, 0.15) is 0 Å². The molecule has 1 nitrogen and oxygen atoms in total. The highest BCUT2D eigenvalue weighted by Gasteiger charge is 2.13. The van der Waals surface area contributed by atoms with Crippen LogP contribution in [0.2, 0.25) is 0 Å². The van der Waals surface area contributed by atoms with Crippen molar-refractivity contribution in [2.45, 2.75) is 44.8 Å². The highest BCUT2D eigenvalue weighted by atomic mass is 16.5. The van der Waals surface area contributed by atoms with E-state index in [2.05, 4.69) is 78.9 Å². The molecule has 0 aromatic heterocycles. The zero-order valence-electron chi connectivity index (χ0n) is 15.2. The number of benzene rings is 3. The van der Waals surface area contributed by atoms with Crippen LogP contribution in [-0.4, -0.2) is 6.10 Å². The lowest BCUT2D eigenvalue weighted by Gasteiger charge is -2.22. The van der Waals surface area contributed by atoms with Gasteiger partial charge in [-0.2, -0.15) is 0 Å². The summed E-state index contributed by atoms with van der Waals surface area (Å²) in [5.74, 6) is 0. The smallest absolute Gasteiger partial charge is 0.0720 e. The van der Waals surface area contributed by atoms with E-state index in [-0.39, 0.29) is 0 Å². The first-order valence-corrected chi connectivity index (χ1v) is 9.75. The predicted molar refractivity (Wildman–Crippen MR) is 109 cm³/mol. The minimum absolute atomic E-state index is 0.467. The molecule has 0 amide bonds. The Kier molecular flexibility index (Phi) is 5.47. The van der Waals surface area contributed by atoms with E-state index < -0.39 is 0 Å². The van der Waals surface area contributed by atoms with Crippen LogP contribution in [0.15, 0.2) is 78.9 Å². The van der Waals surface area contributed by atoms with Gasteiger partial charge < -0.3 is 4.74 Å². The van der Waals surface area contributed by atoms with Crippen LogP contribution >= 0.6 is 0 Å². The molecule has 0 bridgehead atoms. The van der Waals surface area contributed by atoms with Gasteiger partial charge in [-0.1, -0.05) is 98.1 Å². The average Bonchev–Trinajstić information content (AvgIpc) is 2.74. The second-order valence-corrected chi connectivity index (χ2v) is 7.21. The molecule has 1 aliphatic carbocycles. The van der Waals surface area contributed by atoms with Gasteiger partial charge in [-0.3, -0.25) is 0 Å². The van der Waals surface area contributed by atoms with Gasteiger partial charge in [0.2, 0.25) is 0 Å². The maximum Gasteiger partial charge on any atom is 0.0720 e. The van der Waals surface area contributed by atoms with Crippen LogP contribution in [0, 0.1) is 0 Å². The van der Waals surface area contributed by atoms with E-state index >= 15 is 0 Å². The lowest BCUT2D eigenvalue weighted by molar-refractivity contribution is 0.0169. The Morgan fingerprint density at radius 2 is 1.08 bits per heavy atom. The summed E-state index contributed by atoms with van der Waals surface area (Å²) in [6, 6.07) is 28.1. The van der Waals surface area contributed by atoms with Gasteiger partial charge in [0.15, 0.2) is 0 Å². The van der Waals surface area contributed by atoms with Crippen molar-refractivity contribution < 1.29 is 4.74 Å². The normalized spacial score (nSPS) is 15.1. The molecular weight excluding hydrogens is 316 g/mol.